The molecule has 0 aliphatic rings. The fraction of sp³-hybridized carbons (Fsp3) is 0.438. The van der Waals surface area contributed by atoms with Crippen LogP contribution in [0.1, 0.15) is 31.8 Å². The predicted octanol–water partition coefficient (Wildman–Crippen LogP) is 3.21. The summed E-state index contributed by atoms with van der Waals surface area (Å²) in [4.78, 5) is 13.4. The third kappa shape index (κ3) is 4.49. The van der Waals surface area contributed by atoms with Gasteiger partial charge in [-0.1, -0.05) is 6.92 Å². The minimum absolute atomic E-state index is 0.421. The number of rotatable bonds is 7. The van der Waals surface area contributed by atoms with Gasteiger partial charge in [0.25, 0.3) is 0 Å². The highest BCUT2D eigenvalue weighted by molar-refractivity contribution is 5.61. The zero-order chi connectivity index (χ0) is 15.1. The average Bonchev–Trinajstić information content (AvgIpc) is 2.51. The van der Waals surface area contributed by atoms with Gasteiger partial charge in [-0.2, -0.15) is 0 Å². The van der Waals surface area contributed by atoms with Crippen molar-refractivity contribution in [3.05, 3.63) is 35.9 Å². The molecule has 1 N–H and O–H groups in total. The SMILES string of the molecule is CCCNc1cc(-c2ccc(C)nc2)nc(COCC)n1. The maximum atomic E-state index is 5.42. The van der Waals surface area contributed by atoms with Gasteiger partial charge in [-0.15, -0.1) is 0 Å². The second-order valence-corrected chi connectivity index (χ2v) is 4.81. The number of ether oxygens (including phenoxy) is 1. The number of hydrogen-bond acceptors (Lipinski definition) is 5. The molecular weight excluding hydrogens is 264 g/mol. The summed E-state index contributed by atoms with van der Waals surface area (Å²) < 4.78 is 5.42. The Bertz CT molecular complexity index is 543. The molecule has 0 atom stereocenters. The lowest BCUT2D eigenvalue weighted by Crippen LogP contribution is -2.07. The minimum Gasteiger partial charge on any atom is -0.374 e. The molecule has 0 amide bonds. The van der Waals surface area contributed by atoms with Crippen molar-refractivity contribution < 1.29 is 4.74 Å². The van der Waals surface area contributed by atoms with Gasteiger partial charge in [-0.05, 0) is 32.4 Å². The Morgan fingerprint density at radius 3 is 2.71 bits per heavy atom. The van der Waals surface area contributed by atoms with E-state index in [0.717, 1.165) is 35.7 Å². The molecule has 0 spiro atoms. The Kier molecular flexibility index (Phi) is 5.63. The molecule has 2 heterocycles. The van der Waals surface area contributed by atoms with E-state index in [9.17, 15) is 0 Å². The van der Waals surface area contributed by atoms with Crippen LogP contribution in [0.4, 0.5) is 5.82 Å². The minimum atomic E-state index is 0.421. The highest BCUT2D eigenvalue weighted by Gasteiger charge is 2.07. The molecule has 0 fully saturated rings. The van der Waals surface area contributed by atoms with Crippen LogP contribution in [0.3, 0.4) is 0 Å². The second kappa shape index (κ2) is 7.69. The van der Waals surface area contributed by atoms with Crippen LogP contribution in [0.5, 0.6) is 0 Å². The first kappa shape index (κ1) is 15.4. The molecule has 0 radical (unpaired) electrons. The quantitative estimate of drug-likeness (QED) is 0.847. The van der Waals surface area contributed by atoms with E-state index in [1.807, 2.05) is 38.2 Å². The van der Waals surface area contributed by atoms with Crippen LogP contribution in [-0.2, 0) is 11.3 Å². The predicted molar refractivity (Wildman–Crippen MR) is 84.1 cm³/mol. The number of pyridine rings is 1. The molecule has 0 aliphatic heterocycles. The normalized spacial score (nSPS) is 10.6. The molecule has 5 heteroatoms. The van der Waals surface area contributed by atoms with E-state index < -0.39 is 0 Å². The van der Waals surface area contributed by atoms with Gasteiger partial charge in [0, 0.05) is 36.7 Å². The van der Waals surface area contributed by atoms with E-state index in [2.05, 4.69) is 27.2 Å². The monoisotopic (exact) mass is 286 g/mol. The van der Waals surface area contributed by atoms with Crippen LogP contribution in [0, 0.1) is 6.92 Å². The Hall–Kier alpha value is -2.01. The van der Waals surface area contributed by atoms with E-state index in [-0.39, 0.29) is 0 Å². The van der Waals surface area contributed by atoms with Crippen molar-refractivity contribution in [1.29, 1.82) is 0 Å². The fourth-order valence-electron chi connectivity index (χ4n) is 1.87. The summed E-state index contributed by atoms with van der Waals surface area (Å²) in [6.07, 6.45) is 2.89. The zero-order valence-corrected chi connectivity index (χ0v) is 12.9. The lowest BCUT2D eigenvalue weighted by molar-refractivity contribution is 0.128. The van der Waals surface area contributed by atoms with Crippen LogP contribution in [-0.4, -0.2) is 28.1 Å². The molecule has 112 valence electrons. The first-order chi connectivity index (χ1) is 10.2. The van der Waals surface area contributed by atoms with Crippen molar-refractivity contribution in [2.75, 3.05) is 18.5 Å². The maximum Gasteiger partial charge on any atom is 0.157 e. The van der Waals surface area contributed by atoms with Gasteiger partial charge < -0.3 is 10.1 Å². The van der Waals surface area contributed by atoms with Crippen LogP contribution in [0.15, 0.2) is 24.4 Å². The summed E-state index contributed by atoms with van der Waals surface area (Å²) in [5, 5.41) is 3.31. The number of hydrogen-bond donors (Lipinski definition) is 1. The van der Waals surface area contributed by atoms with Crippen molar-refractivity contribution in [1.82, 2.24) is 15.0 Å². The number of nitrogens with one attached hydrogen (secondary N) is 1. The second-order valence-electron chi connectivity index (χ2n) is 4.81. The van der Waals surface area contributed by atoms with Gasteiger partial charge in [-0.25, -0.2) is 9.97 Å². The van der Waals surface area contributed by atoms with Gasteiger partial charge >= 0.3 is 0 Å². The van der Waals surface area contributed by atoms with Crippen molar-refractivity contribution in [2.24, 2.45) is 0 Å². The molecule has 0 bridgehead atoms. The van der Waals surface area contributed by atoms with Crippen LogP contribution in [0.2, 0.25) is 0 Å². The molecule has 0 unspecified atom stereocenters. The summed E-state index contributed by atoms with van der Waals surface area (Å²) in [6.45, 7) is 8.01. The molecule has 2 aromatic rings. The Morgan fingerprint density at radius 2 is 2.05 bits per heavy atom. The Morgan fingerprint density at radius 1 is 1.19 bits per heavy atom. The largest absolute Gasteiger partial charge is 0.374 e. The molecular formula is C16H22N4O. The molecule has 5 nitrogen and oxygen atoms in total. The topological polar surface area (TPSA) is 59.9 Å². The average molecular weight is 286 g/mol. The molecule has 0 saturated heterocycles. The Balaban J connectivity index is 2.31. The summed E-state index contributed by atoms with van der Waals surface area (Å²) in [5.74, 6) is 1.52. The van der Waals surface area contributed by atoms with E-state index >= 15 is 0 Å². The van der Waals surface area contributed by atoms with Gasteiger partial charge in [-0.3, -0.25) is 4.98 Å². The first-order valence-corrected chi connectivity index (χ1v) is 7.35. The summed E-state index contributed by atoms with van der Waals surface area (Å²) >= 11 is 0. The Labute approximate surface area is 125 Å². The molecule has 2 aromatic heterocycles. The van der Waals surface area contributed by atoms with Gasteiger partial charge in [0.1, 0.15) is 12.4 Å². The summed E-state index contributed by atoms with van der Waals surface area (Å²) in [6, 6.07) is 5.97. The maximum absolute atomic E-state index is 5.42. The fourth-order valence-corrected chi connectivity index (χ4v) is 1.87. The van der Waals surface area contributed by atoms with E-state index in [1.54, 1.807) is 0 Å². The highest BCUT2D eigenvalue weighted by Crippen LogP contribution is 2.19. The van der Waals surface area contributed by atoms with Crippen LogP contribution in [0.25, 0.3) is 11.3 Å². The summed E-state index contributed by atoms with van der Waals surface area (Å²) in [5.41, 5.74) is 2.85. The lowest BCUT2D eigenvalue weighted by Gasteiger charge is -2.10. The lowest BCUT2D eigenvalue weighted by atomic mass is 10.2. The first-order valence-electron chi connectivity index (χ1n) is 7.35. The molecule has 21 heavy (non-hydrogen) atoms. The van der Waals surface area contributed by atoms with Crippen molar-refractivity contribution in [3.63, 3.8) is 0 Å². The van der Waals surface area contributed by atoms with E-state index in [0.29, 0.717) is 19.0 Å². The van der Waals surface area contributed by atoms with E-state index in [4.69, 9.17) is 4.74 Å². The third-order valence-corrected chi connectivity index (χ3v) is 2.97. The number of aromatic nitrogens is 3. The van der Waals surface area contributed by atoms with Crippen LogP contribution >= 0.6 is 0 Å². The molecule has 2 rings (SSSR count). The number of aryl methyl sites for hydroxylation is 1. The van der Waals surface area contributed by atoms with Gasteiger partial charge in [0.15, 0.2) is 5.82 Å². The van der Waals surface area contributed by atoms with Crippen molar-refractivity contribution >= 4 is 5.82 Å². The van der Waals surface area contributed by atoms with Crippen molar-refractivity contribution in [3.8, 4) is 11.3 Å². The zero-order valence-electron chi connectivity index (χ0n) is 12.9. The third-order valence-electron chi connectivity index (χ3n) is 2.97. The number of anilines is 1. The van der Waals surface area contributed by atoms with Crippen LogP contribution < -0.4 is 5.32 Å². The standard InChI is InChI=1S/C16H22N4O/c1-4-8-17-15-9-14(13-7-6-12(3)18-10-13)19-16(20-15)11-21-5-2/h6-7,9-10H,4-5,8,11H2,1-3H3,(H,17,19,20). The summed E-state index contributed by atoms with van der Waals surface area (Å²) in [7, 11) is 0. The number of nitrogens with zero attached hydrogens (tertiary/aromatic N) is 3. The van der Waals surface area contributed by atoms with Gasteiger partial charge in [0.05, 0.1) is 5.69 Å². The van der Waals surface area contributed by atoms with E-state index in [1.165, 1.54) is 0 Å². The highest BCUT2D eigenvalue weighted by atomic mass is 16.5. The smallest absolute Gasteiger partial charge is 0.157 e. The molecule has 0 aromatic carbocycles. The molecule has 0 saturated carbocycles. The van der Waals surface area contributed by atoms with Gasteiger partial charge in [0.2, 0.25) is 0 Å². The molecule has 0 aliphatic carbocycles. The van der Waals surface area contributed by atoms with Crippen molar-refractivity contribution in [2.45, 2.75) is 33.8 Å².